The third kappa shape index (κ3) is 3.44. The minimum Gasteiger partial charge on any atom is -0.316 e. The topological polar surface area (TPSA) is 12.0 Å². The van der Waals surface area contributed by atoms with Crippen LogP contribution in [0, 0.1) is 13.8 Å². The molecule has 96 valence electrons. The number of likely N-dealkylation sites (N-methyl/N-ethyl adjacent to an activating group) is 1. The Kier molecular flexibility index (Phi) is 4.56. The fourth-order valence-electron chi connectivity index (χ4n) is 2.16. The van der Waals surface area contributed by atoms with E-state index in [0.29, 0.717) is 6.04 Å². The average Bonchev–Trinajstić information content (AvgIpc) is 2.86. The van der Waals surface area contributed by atoms with Gasteiger partial charge in [-0.1, -0.05) is 24.3 Å². The second kappa shape index (κ2) is 6.17. The first-order chi connectivity index (χ1) is 8.69. The molecular weight excluding hydrogens is 238 g/mol. The summed E-state index contributed by atoms with van der Waals surface area (Å²) in [5, 5.41) is 5.58. The molecule has 1 heterocycles. The highest BCUT2D eigenvalue weighted by molar-refractivity contribution is 7.09. The molecule has 2 aromatic rings. The molecule has 18 heavy (non-hydrogen) atoms. The van der Waals surface area contributed by atoms with E-state index in [9.17, 15) is 0 Å². The van der Waals surface area contributed by atoms with Crippen molar-refractivity contribution in [2.24, 2.45) is 0 Å². The first kappa shape index (κ1) is 13.3. The molecule has 1 unspecified atom stereocenters. The zero-order chi connectivity index (χ0) is 13.0. The Bertz CT molecular complexity index is 488. The molecule has 0 bridgehead atoms. The second-order valence-electron chi connectivity index (χ2n) is 4.89. The van der Waals surface area contributed by atoms with Crippen molar-refractivity contribution in [3.05, 3.63) is 57.3 Å². The molecule has 0 aliphatic rings. The Hall–Kier alpha value is -1.12. The number of thiophene rings is 1. The number of hydrogen-bond acceptors (Lipinski definition) is 2. The summed E-state index contributed by atoms with van der Waals surface area (Å²) < 4.78 is 0. The third-order valence-corrected chi connectivity index (χ3v) is 4.39. The van der Waals surface area contributed by atoms with Crippen molar-refractivity contribution in [2.75, 3.05) is 7.05 Å². The maximum atomic E-state index is 3.43. The normalized spacial score (nSPS) is 12.6. The third-order valence-electron chi connectivity index (χ3n) is 3.49. The van der Waals surface area contributed by atoms with Gasteiger partial charge in [0.05, 0.1) is 0 Å². The summed E-state index contributed by atoms with van der Waals surface area (Å²) in [5.74, 6) is 0. The Morgan fingerprint density at radius 3 is 2.56 bits per heavy atom. The Morgan fingerprint density at radius 2 is 1.94 bits per heavy atom. The van der Waals surface area contributed by atoms with Crippen molar-refractivity contribution >= 4 is 11.3 Å². The first-order valence-electron chi connectivity index (χ1n) is 6.45. The Balaban J connectivity index is 2.03. The lowest BCUT2D eigenvalue weighted by Gasteiger charge is -2.16. The van der Waals surface area contributed by atoms with E-state index in [4.69, 9.17) is 0 Å². The highest BCUT2D eigenvalue weighted by Crippen LogP contribution is 2.15. The smallest absolute Gasteiger partial charge is 0.0153 e. The van der Waals surface area contributed by atoms with E-state index in [1.165, 1.54) is 21.6 Å². The molecule has 1 nitrogen and oxygen atoms in total. The van der Waals surface area contributed by atoms with Crippen molar-refractivity contribution in [3.8, 4) is 0 Å². The second-order valence-corrected chi connectivity index (χ2v) is 5.92. The van der Waals surface area contributed by atoms with Crippen molar-refractivity contribution in [3.63, 3.8) is 0 Å². The van der Waals surface area contributed by atoms with Crippen LogP contribution in [0.5, 0.6) is 0 Å². The first-order valence-corrected chi connectivity index (χ1v) is 7.33. The number of rotatable bonds is 5. The predicted octanol–water partition coefficient (Wildman–Crippen LogP) is 3.74. The zero-order valence-corrected chi connectivity index (χ0v) is 12.2. The molecule has 1 aromatic heterocycles. The molecular formula is C16H21NS. The van der Waals surface area contributed by atoms with Gasteiger partial charge in [0, 0.05) is 10.9 Å². The molecule has 1 N–H and O–H groups in total. The van der Waals surface area contributed by atoms with E-state index in [-0.39, 0.29) is 0 Å². The van der Waals surface area contributed by atoms with Crippen LogP contribution < -0.4 is 5.32 Å². The van der Waals surface area contributed by atoms with Crippen LogP contribution in [0.15, 0.2) is 35.7 Å². The number of nitrogens with one attached hydrogen (secondary N) is 1. The summed E-state index contributed by atoms with van der Waals surface area (Å²) in [6.07, 6.45) is 2.20. The van der Waals surface area contributed by atoms with Crippen LogP contribution in [0.25, 0.3) is 0 Å². The van der Waals surface area contributed by atoms with Gasteiger partial charge in [-0.05, 0) is 61.9 Å². The van der Waals surface area contributed by atoms with Gasteiger partial charge in [0.2, 0.25) is 0 Å². The number of hydrogen-bond donors (Lipinski definition) is 1. The highest BCUT2D eigenvalue weighted by Gasteiger charge is 2.09. The fourth-order valence-corrected chi connectivity index (χ4v) is 2.95. The number of aryl methyl sites for hydroxylation is 2. The van der Waals surface area contributed by atoms with Gasteiger partial charge in [-0.3, -0.25) is 0 Å². The quantitative estimate of drug-likeness (QED) is 0.862. The lowest BCUT2D eigenvalue weighted by atomic mass is 9.99. The summed E-state index contributed by atoms with van der Waals surface area (Å²) in [5.41, 5.74) is 4.19. The molecule has 0 amide bonds. The lowest BCUT2D eigenvalue weighted by Crippen LogP contribution is -2.29. The summed E-state index contributed by atoms with van der Waals surface area (Å²) in [7, 11) is 2.05. The van der Waals surface area contributed by atoms with Gasteiger partial charge in [0.1, 0.15) is 0 Å². The molecule has 0 saturated carbocycles. The summed E-state index contributed by atoms with van der Waals surface area (Å²) >= 11 is 1.84. The van der Waals surface area contributed by atoms with Crippen LogP contribution in [0.1, 0.15) is 21.6 Å². The van der Waals surface area contributed by atoms with Crippen molar-refractivity contribution < 1.29 is 0 Å². The van der Waals surface area contributed by atoms with Crippen LogP contribution in [-0.4, -0.2) is 13.1 Å². The van der Waals surface area contributed by atoms with Crippen molar-refractivity contribution in [1.29, 1.82) is 0 Å². The molecule has 1 atom stereocenters. The predicted molar refractivity (Wildman–Crippen MR) is 80.5 cm³/mol. The summed E-state index contributed by atoms with van der Waals surface area (Å²) in [4.78, 5) is 1.46. The Morgan fingerprint density at radius 1 is 1.11 bits per heavy atom. The maximum Gasteiger partial charge on any atom is 0.0153 e. The van der Waals surface area contributed by atoms with E-state index in [2.05, 4.69) is 61.9 Å². The maximum absolute atomic E-state index is 3.43. The van der Waals surface area contributed by atoms with Gasteiger partial charge in [-0.2, -0.15) is 0 Å². The molecule has 2 rings (SSSR count). The van der Waals surface area contributed by atoms with E-state index in [1.54, 1.807) is 0 Å². The van der Waals surface area contributed by atoms with Crippen LogP contribution in [-0.2, 0) is 12.8 Å². The van der Waals surface area contributed by atoms with Crippen molar-refractivity contribution in [1.82, 2.24) is 5.32 Å². The lowest BCUT2D eigenvalue weighted by molar-refractivity contribution is 0.560. The molecule has 0 aliphatic heterocycles. The molecule has 0 spiro atoms. The van der Waals surface area contributed by atoms with E-state index in [0.717, 1.165) is 12.8 Å². The van der Waals surface area contributed by atoms with Gasteiger partial charge >= 0.3 is 0 Å². The van der Waals surface area contributed by atoms with Crippen LogP contribution in [0.2, 0.25) is 0 Å². The average molecular weight is 259 g/mol. The van der Waals surface area contributed by atoms with Gasteiger partial charge in [-0.15, -0.1) is 11.3 Å². The SMILES string of the molecule is CNC(Cc1ccc(C)c(C)c1)Cc1cccs1. The van der Waals surface area contributed by atoms with Crippen LogP contribution >= 0.6 is 11.3 Å². The molecule has 0 radical (unpaired) electrons. The highest BCUT2D eigenvalue weighted by atomic mass is 32.1. The summed E-state index contributed by atoms with van der Waals surface area (Å²) in [6.45, 7) is 4.35. The molecule has 2 heteroatoms. The minimum atomic E-state index is 0.519. The minimum absolute atomic E-state index is 0.519. The molecule has 1 aromatic carbocycles. The molecule has 0 aliphatic carbocycles. The molecule has 0 fully saturated rings. The van der Waals surface area contributed by atoms with Crippen molar-refractivity contribution in [2.45, 2.75) is 32.7 Å². The standard InChI is InChI=1S/C16H21NS/c1-12-6-7-14(9-13(12)2)10-15(17-3)11-16-5-4-8-18-16/h4-9,15,17H,10-11H2,1-3H3. The monoisotopic (exact) mass is 259 g/mol. The number of benzene rings is 1. The van der Waals surface area contributed by atoms with Gasteiger partial charge in [0.25, 0.3) is 0 Å². The molecule has 0 saturated heterocycles. The summed E-state index contributed by atoms with van der Waals surface area (Å²) in [6, 6.07) is 11.7. The fraction of sp³-hybridized carbons (Fsp3) is 0.375. The van der Waals surface area contributed by atoms with E-state index >= 15 is 0 Å². The van der Waals surface area contributed by atoms with E-state index in [1.807, 2.05) is 11.3 Å². The van der Waals surface area contributed by atoms with E-state index < -0.39 is 0 Å². The van der Waals surface area contributed by atoms with Gasteiger partial charge < -0.3 is 5.32 Å². The van der Waals surface area contributed by atoms with Crippen LogP contribution in [0.3, 0.4) is 0 Å². The largest absolute Gasteiger partial charge is 0.316 e. The van der Waals surface area contributed by atoms with Gasteiger partial charge in [0.15, 0.2) is 0 Å². The van der Waals surface area contributed by atoms with Crippen LogP contribution in [0.4, 0.5) is 0 Å². The Labute approximate surface area is 114 Å². The van der Waals surface area contributed by atoms with Gasteiger partial charge in [-0.25, -0.2) is 0 Å². The zero-order valence-electron chi connectivity index (χ0n) is 11.4.